The first-order valence-electron chi connectivity index (χ1n) is 6.95. The molecule has 2 aromatic rings. The Hall–Kier alpha value is -1.95. The molecule has 3 N–H and O–H groups in total. The molecule has 1 aliphatic rings. The van der Waals surface area contributed by atoms with Crippen molar-refractivity contribution in [2.24, 2.45) is 0 Å². The van der Waals surface area contributed by atoms with Gasteiger partial charge in [-0.15, -0.1) is 0 Å². The Bertz CT molecular complexity index is 677. The Morgan fingerprint density at radius 3 is 2.68 bits per heavy atom. The van der Waals surface area contributed by atoms with E-state index in [1.807, 2.05) is 24.3 Å². The molecule has 0 aliphatic carbocycles. The van der Waals surface area contributed by atoms with E-state index in [1.54, 1.807) is 12.1 Å². The van der Waals surface area contributed by atoms with E-state index in [4.69, 9.17) is 11.6 Å². The first-order valence-corrected chi connectivity index (χ1v) is 7.32. The Morgan fingerprint density at radius 2 is 1.95 bits per heavy atom. The maximum absolute atomic E-state index is 13.1. The van der Waals surface area contributed by atoms with Gasteiger partial charge in [0, 0.05) is 16.8 Å². The van der Waals surface area contributed by atoms with Gasteiger partial charge in [-0.25, -0.2) is 15.2 Å². The van der Waals surface area contributed by atoms with Crippen molar-refractivity contribution >= 4 is 23.2 Å². The minimum absolute atomic E-state index is 0.0283. The van der Waals surface area contributed by atoms with Crippen LogP contribution in [0.3, 0.4) is 0 Å². The van der Waals surface area contributed by atoms with Crippen LogP contribution in [-0.2, 0) is 4.79 Å². The van der Waals surface area contributed by atoms with Crippen molar-refractivity contribution in [2.75, 3.05) is 5.32 Å². The second kappa shape index (κ2) is 6.44. The summed E-state index contributed by atoms with van der Waals surface area (Å²) >= 11 is 5.87. The number of halogens is 2. The lowest BCUT2D eigenvalue weighted by Gasteiger charge is -2.11. The summed E-state index contributed by atoms with van der Waals surface area (Å²) in [6, 6.07) is 13.0. The Balaban J connectivity index is 1.62. The highest BCUT2D eigenvalue weighted by molar-refractivity contribution is 6.30. The van der Waals surface area contributed by atoms with Crippen LogP contribution in [0, 0.1) is 5.82 Å². The molecular weight excluding hydrogens is 305 g/mol. The van der Waals surface area contributed by atoms with Crippen molar-refractivity contribution in [3.8, 4) is 0 Å². The van der Waals surface area contributed by atoms with E-state index < -0.39 is 0 Å². The van der Waals surface area contributed by atoms with E-state index in [0.29, 0.717) is 17.1 Å². The molecule has 0 spiro atoms. The van der Waals surface area contributed by atoms with E-state index >= 15 is 0 Å². The van der Waals surface area contributed by atoms with Gasteiger partial charge in [-0.2, -0.15) is 0 Å². The molecule has 114 valence electrons. The van der Waals surface area contributed by atoms with Gasteiger partial charge in [0.05, 0.1) is 0 Å². The van der Waals surface area contributed by atoms with Crippen LogP contribution in [0.1, 0.15) is 18.0 Å². The largest absolute Gasteiger partial charge is 0.325 e. The second-order valence-electron chi connectivity index (χ2n) is 5.18. The number of amides is 1. The molecule has 2 unspecified atom stereocenters. The Kier molecular flexibility index (Phi) is 4.38. The molecule has 2 atom stereocenters. The number of anilines is 1. The maximum atomic E-state index is 13.1. The molecule has 1 saturated heterocycles. The highest BCUT2D eigenvalue weighted by atomic mass is 35.5. The zero-order chi connectivity index (χ0) is 15.5. The van der Waals surface area contributed by atoms with Crippen LogP contribution in [0.4, 0.5) is 10.1 Å². The van der Waals surface area contributed by atoms with Gasteiger partial charge in [0.1, 0.15) is 11.9 Å². The van der Waals surface area contributed by atoms with Gasteiger partial charge in [0.25, 0.3) is 0 Å². The second-order valence-corrected chi connectivity index (χ2v) is 5.62. The summed E-state index contributed by atoms with van der Waals surface area (Å²) in [6.07, 6.45) is 0.600. The predicted octanol–water partition coefficient (Wildman–Crippen LogP) is 3.03. The molecule has 0 aromatic heterocycles. The van der Waals surface area contributed by atoms with Crippen molar-refractivity contribution in [3.05, 3.63) is 64.9 Å². The Morgan fingerprint density at radius 1 is 1.18 bits per heavy atom. The first kappa shape index (κ1) is 15.0. The standard InChI is InChI=1S/C16H15ClFN3O/c17-11-6-4-10(5-7-11)14-9-15(21-20-14)16(22)19-13-3-1-2-12(18)8-13/h1-8,14-15,20-21H,9H2,(H,19,22). The van der Waals surface area contributed by atoms with Gasteiger partial charge >= 0.3 is 0 Å². The fourth-order valence-electron chi connectivity index (χ4n) is 2.44. The fraction of sp³-hybridized carbons (Fsp3) is 0.188. The normalized spacial score (nSPS) is 20.8. The van der Waals surface area contributed by atoms with Gasteiger partial charge in [0.2, 0.25) is 5.91 Å². The minimum atomic E-state index is -0.385. The van der Waals surface area contributed by atoms with Gasteiger partial charge in [-0.05, 0) is 42.3 Å². The van der Waals surface area contributed by atoms with Gasteiger partial charge < -0.3 is 5.32 Å². The van der Waals surface area contributed by atoms with Crippen LogP contribution in [-0.4, -0.2) is 11.9 Å². The molecule has 2 aromatic carbocycles. The molecule has 6 heteroatoms. The zero-order valence-corrected chi connectivity index (χ0v) is 12.4. The summed E-state index contributed by atoms with van der Waals surface area (Å²) in [6.45, 7) is 0. The van der Waals surface area contributed by atoms with Gasteiger partial charge in [0.15, 0.2) is 0 Å². The molecule has 1 amide bonds. The molecule has 1 heterocycles. The van der Waals surface area contributed by atoms with Crippen LogP contribution in [0.15, 0.2) is 48.5 Å². The van der Waals surface area contributed by atoms with Crippen molar-refractivity contribution in [2.45, 2.75) is 18.5 Å². The van der Waals surface area contributed by atoms with E-state index in [0.717, 1.165) is 5.56 Å². The number of carbonyl (C=O) groups excluding carboxylic acids is 1. The van der Waals surface area contributed by atoms with Crippen LogP contribution >= 0.6 is 11.6 Å². The highest BCUT2D eigenvalue weighted by Gasteiger charge is 2.30. The Labute approximate surface area is 132 Å². The van der Waals surface area contributed by atoms with Gasteiger partial charge in [-0.3, -0.25) is 4.79 Å². The highest BCUT2D eigenvalue weighted by Crippen LogP contribution is 2.24. The average molecular weight is 320 g/mol. The maximum Gasteiger partial charge on any atom is 0.242 e. The SMILES string of the molecule is O=C(Nc1cccc(F)c1)C1CC(c2ccc(Cl)cc2)NN1. The van der Waals surface area contributed by atoms with E-state index in [1.165, 1.54) is 12.1 Å². The van der Waals surface area contributed by atoms with Gasteiger partial charge in [-0.1, -0.05) is 29.8 Å². The van der Waals surface area contributed by atoms with Crippen molar-refractivity contribution in [1.82, 2.24) is 10.9 Å². The monoisotopic (exact) mass is 319 g/mol. The summed E-state index contributed by atoms with van der Waals surface area (Å²) in [5.41, 5.74) is 7.56. The molecule has 3 rings (SSSR count). The van der Waals surface area contributed by atoms with Crippen molar-refractivity contribution < 1.29 is 9.18 Å². The van der Waals surface area contributed by atoms with Crippen LogP contribution in [0.25, 0.3) is 0 Å². The summed E-state index contributed by atoms with van der Waals surface area (Å²) < 4.78 is 13.1. The van der Waals surface area contributed by atoms with E-state index in [2.05, 4.69) is 16.2 Å². The van der Waals surface area contributed by atoms with E-state index in [9.17, 15) is 9.18 Å². The number of hydrogen-bond donors (Lipinski definition) is 3. The average Bonchev–Trinajstić information content (AvgIpc) is 2.98. The zero-order valence-electron chi connectivity index (χ0n) is 11.6. The van der Waals surface area contributed by atoms with E-state index in [-0.39, 0.29) is 23.8 Å². The summed E-state index contributed by atoms with van der Waals surface area (Å²) in [7, 11) is 0. The topological polar surface area (TPSA) is 53.2 Å². The molecule has 1 fully saturated rings. The molecule has 22 heavy (non-hydrogen) atoms. The molecule has 0 radical (unpaired) electrons. The lowest BCUT2D eigenvalue weighted by molar-refractivity contribution is -0.117. The van der Waals surface area contributed by atoms with Crippen LogP contribution in [0.5, 0.6) is 0 Å². The summed E-state index contributed by atoms with van der Waals surface area (Å²) in [5, 5.41) is 3.38. The smallest absolute Gasteiger partial charge is 0.242 e. The third-order valence-corrected chi connectivity index (χ3v) is 3.84. The number of hydrazine groups is 1. The summed E-state index contributed by atoms with van der Waals surface area (Å²) in [4.78, 5) is 12.2. The summed E-state index contributed by atoms with van der Waals surface area (Å²) in [5.74, 6) is -0.580. The molecule has 0 bridgehead atoms. The molecule has 4 nitrogen and oxygen atoms in total. The third kappa shape index (κ3) is 3.44. The number of rotatable bonds is 3. The molecule has 0 saturated carbocycles. The lowest BCUT2D eigenvalue weighted by Crippen LogP contribution is -2.39. The van der Waals surface area contributed by atoms with Crippen LogP contribution < -0.4 is 16.2 Å². The van der Waals surface area contributed by atoms with Crippen molar-refractivity contribution in [3.63, 3.8) is 0 Å². The predicted molar refractivity (Wildman–Crippen MR) is 83.9 cm³/mol. The minimum Gasteiger partial charge on any atom is -0.325 e. The fourth-order valence-corrected chi connectivity index (χ4v) is 2.56. The number of carbonyl (C=O) groups is 1. The van der Waals surface area contributed by atoms with Crippen LogP contribution in [0.2, 0.25) is 5.02 Å². The first-order chi connectivity index (χ1) is 10.6. The molecule has 1 aliphatic heterocycles. The number of benzene rings is 2. The number of hydrogen-bond acceptors (Lipinski definition) is 3. The number of nitrogens with one attached hydrogen (secondary N) is 3. The third-order valence-electron chi connectivity index (χ3n) is 3.58. The molecular formula is C16H15ClFN3O. The van der Waals surface area contributed by atoms with Crippen molar-refractivity contribution in [1.29, 1.82) is 0 Å². The quantitative estimate of drug-likeness (QED) is 0.815. The lowest BCUT2D eigenvalue weighted by atomic mass is 10.0.